The zero-order chi connectivity index (χ0) is 19.0. The largest absolute Gasteiger partial charge is 0.504 e. The first-order chi connectivity index (χ1) is 12.2. The first-order valence-electron chi connectivity index (χ1n) is 9.82. The lowest BCUT2D eigenvalue weighted by Crippen LogP contribution is -2.56. The molecule has 0 amide bonds. The number of rotatable bonds is 1. The van der Waals surface area contributed by atoms with E-state index in [0.717, 1.165) is 25.7 Å². The highest BCUT2D eigenvalue weighted by atomic mass is 16.3. The van der Waals surface area contributed by atoms with Gasteiger partial charge in [-0.25, -0.2) is 0 Å². The number of allylic oxidation sites excluding steroid dienone is 2. The van der Waals surface area contributed by atoms with E-state index in [1.807, 2.05) is 0 Å². The van der Waals surface area contributed by atoms with Crippen LogP contribution < -0.4 is 0 Å². The predicted octanol–water partition coefficient (Wildman–Crippen LogP) is 4.16. The highest BCUT2D eigenvalue weighted by molar-refractivity contribution is 6.12. The first-order valence-corrected chi connectivity index (χ1v) is 9.82. The molecule has 26 heavy (non-hydrogen) atoms. The molecule has 4 rings (SSSR count). The molecular formula is C21H28O5. The van der Waals surface area contributed by atoms with Crippen molar-refractivity contribution >= 4 is 11.6 Å². The Morgan fingerprint density at radius 3 is 2.31 bits per heavy atom. The number of hydrogen-bond donors (Lipinski definition) is 3. The van der Waals surface area contributed by atoms with Gasteiger partial charge in [-0.2, -0.15) is 0 Å². The standard InChI is InChI=1S/C21H28O5/c1-4-10-5-6-12-11-9-14(22)15-16(23)17(24)18(25)19(26)21(15,3)13(11)7-8-20(10,12)2/h10-13,23-25H,4-9H2,1-3H3/t10-,11-,12-,13-,20+,21+/m0/s1. The Kier molecular flexibility index (Phi) is 3.64. The number of hydrogen-bond acceptors (Lipinski definition) is 5. The number of carbonyl (C=O) groups is 2. The molecule has 142 valence electrons. The molecule has 0 saturated heterocycles. The Labute approximate surface area is 153 Å². The summed E-state index contributed by atoms with van der Waals surface area (Å²) in [5.74, 6) is -2.12. The van der Waals surface area contributed by atoms with Crippen LogP contribution in [-0.4, -0.2) is 26.9 Å². The Balaban J connectivity index is 1.82. The normalized spacial score (nSPS) is 45.5. The van der Waals surface area contributed by atoms with Crippen LogP contribution in [0.4, 0.5) is 0 Å². The van der Waals surface area contributed by atoms with Gasteiger partial charge in [-0.3, -0.25) is 9.59 Å². The van der Waals surface area contributed by atoms with Gasteiger partial charge in [-0.1, -0.05) is 20.3 Å². The van der Waals surface area contributed by atoms with Crippen molar-refractivity contribution < 1.29 is 24.9 Å². The van der Waals surface area contributed by atoms with Gasteiger partial charge in [0.05, 0.1) is 11.0 Å². The molecule has 3 fully saturated rings. The van der Waals surface area contributed by atoms with E-state index >= 15 is 0 Å². The average Bonchev–Trinajstić information content (AvgIpc) is 2.95. The van der Waals surface area contributed by atoms with E-state index in [-0.39, 0.29) is 28.6 Å². The minimum Gasteiger partial charge on any atom is -0.504 e. The summed E-state index contributed by atoms with van der Waals surface area (Å²) in [6, 6.07) is 0. The lowest BCUT2D eigenvalue weighted by atomic mass is 9.46. The molecule has 5 heteroatoms. The van der Waals surface area contributed by atoms with Crippen LogP contribution in [0.25, 0.3) is 0 Å². The minimum atomic E-state index is -1.24. The summed E-state index contributed by atoms with van der Waals surface area (Å²) in [7, 11) is 0. The number of aliphatic hydroxyl groups is 3. The van der Waals surface area contributed by atoms with Gasteiger partial charge in [0.1, 0.15) is 0 Å². The smallest absolute Gasteiger partial charge is 0.211 e. The highest BCUT2D eigenvalue weighted by Crippen LogP contribution is 2.66. The molecule has 0 spiro atoms. The molecule has 0 aromatic rings. The van der Waals surface area contributed by atoms with Gasteiger partial charge in [0, 0.05) is 6.42 Å². The number of aliphatic hydroxyl groups excluding tert-OH is 3. The average molecular weight is 360 g/mol. The maximum Gasteiger partial charge on any atom is 0.211 e. The van der Waals surface area contributed by atoms with Crippen LogP contribution >= 0.6 is 0 Å². The zero-order valence-corrected chi connectivity index (χ0v) is 15.7. The lowest BCUT2D eigenvalue weighted by molar-refractivity contribution is -0.143. The summed E-state index contributed by atoms with van der Waals surface area (Å²) in [6.45, 7) is 6.25. The zero-order valence-electron chi connectivity index (χ0n) is 15.7. The molecule has 0 aromatic heterocycles. The molecule has 0 aromatic carbocycles. The molecule has 5 nitrogen and oxygen atoms in total. The van der Waals surface area contributed by atoms with E-state index in [9.17, 15) is 24.9 Å². The second-order valence-corrected chi connectivity index (χ2v) is 9.18. The fraction of sp³-hybridized carbons (Fsp3) is 0.714. The molecule has 0 aliphatic heterocycles. The molecule has 3 N–H and O–H groups in total. The van der Waals surface area contributed by atoms with E-state index in [2.05, 4.69) is 13.8 Å². The Bertz CT molecular complexity index is 762. The Morgan fingerprint density at radius 1 is 0.962 bits per heavy atom. The van der Waals surface area contributed by atoms with Gasteiger partial charge >= 0.3 is 0 Å². The van der Waals surface area contributed by atoms with Gasteiger partial charge in [-0.15, -0.1) is 0 Å². The summed E-state index contributed by atoms with van der Waals surface area (Å²) in [6.07, 6.45) is 5.49. The van der Waals surface area contributed by atoms with Gasteiger partial charge < -0.3 is 15.3 Å². The van der Waals surface area contributed by atoms with Crippen molar-refractivity contribution in [3.63, 3.8) is 0 Å². The van der Waals surface area contributed by atoms with Crippen molar-refractivity contribution in [2.45, 2.75) is 59.3 Å². The summed E-state index contributed by atoms with van der Waals surface area (Å²) >= 11 is 0. The summed E-state index contributed by atoms with van der Waals surface area (Å²) in [4.78, 5) is 25.9. The first kappa shape index (κ1) is 17.6. The molecule has 0 heterocycles. The monoisotopic (exact) mass is 360 g/mol. The van der Waals surface area contributed by atoms with Gasteiger partial charge in [0.15, 0.2) is 11.5 Å². The van der Waals surface area contributed by atoms with E-state index in [1.54, 1.807) is 6.92 Å². The van der Waals surface area contributed by atoms with Crippen molar-refractivity contribution in [3.05, 3.63) is 22.9 Å². The van der Waals surface area contributed by atoms with E-state index in [1.165, 1.54) is 6.42 Å². The third-order valence-electron chi connectivity index (χ3n) is 8.46. The maximum atomic E-state index is 13.0. The van der Waals surface area contributed by atoms with Crippen LogP contribution in [0.2, 0.25) is 0 Å². The van der Waals surface area contributed by atoms with E-state index < -0.39 is 28.5 Å². The van der Waals surface area contributed by atoms with Crippen LogP contribution in [0.15, 0.2) is 22.9 Å². The van der Waals surface area contributed by atoms with Gasteiger partial charge in [0.25, 0.3) is 0 Å². The minimum absolute atomic E-state index is 0.00712. The number of fused-ring (bicyclic) bond motifs is 5. The molecular weight excluding hydrogens is 332 g/mol. The van der Waals surface area contributed by atoms with Crippen LogP contribution in [0, 0.1) is 34.5 Å². The fourth-order valence-electron chi connectivity index (χ4n) is 7.10. The fourth-order valence-corrected chi connectivity index (χ4v) is 7.10. The van der Waals surface area contributed by atoms with Gasteiger partial charge in [-0.05, 0) is 61.7 Å². The predicted molar refractivity (Wildman–Crippen MR) is 95.5 cm³/mol. The van der Waals surface area contributed by atoms with Gasteiger partial charge in [0.2, 0.25) is 17.3 Å². The second kappa shape index (κ2) is 5.37. The molecule has 4 aliphatic rings. The summed E-state index contributed by atoms with van der Waals surface area (Å²) in [5.41, 5.74) is -1.03. The van der Waals surface area contributed by atoms with Crippen molar-refractivity contribution in [1.29, 1.82) is 0 Å². The third-order valence-corrected chi connectivity index (χ3v) is 8.46. The van der Waals surface area contributed by atoms with Crippen molar-refractivity contribution in [3.8, 4) is 0 Å². The van der Waals surface area contributed by atoms with Crippen molar-refractivity contribution in [2.75, 3.05) is 0 Å². The van der Waals surface area contributed by atoms with Crippen LogP contribution in [0.5, 0.6) is 0 Å². The van der Waals surface area contributed by atoms with E-state index in [4.69, 9.17) is 0 Å². The quantitative estimate of drug-likeness (QED) is 0.653. The Hall–Kier alpha value is -1.78. The Morgan fingerprint density at radius 2 is 1.65 bits per heavy atom. The topological polar surface area (TPSA) is 94.8 Å². The molecule has 6 atom stereocenters. The summed E-state index contributed by atoms with van der Waals surface area (Å²) < 4.78 is 0. The molecule has 3 saturated carbocycles. The SMILES string of the molecule is CC[C@H]1CC[C@H]2[C@@H]3CC(=O)C4=C(O)C(O)=C(O)C(=O)[C@]4(C)[C@H]3CC[C@]12C. The second-order valence-electron chi connectivity index (χ2n) is 9.18. The number of Topliss-reactive ketones (excluding diaryl/α,β-unsaturated/α-hetero) is 2. The maximum absolute atomic E-state index is 13.0. The molecule has 4 aliphatic carbocycles. The summed E-state index contributed by atoms with van der Waals surface area (Å²) in [5, 5.41) is 30.3. The van der Waals surface area contributed by atoms with E-state index in [0.29, 0.717) is 18.3 Å². The van der Waals surface area contributed by atoms with Crippen LogP contribution in [-0.2, 0) is 9.59 Å². The molecule has 0 radical (unpaired) electrons. The molecule has 0 bridgehead atoms. The van der Waals surface area contributed by atoms with Crippen molar-refractivity contribution in [2.24, 2.45) is 34.5 Å². The van der Waals surface area contributed by atoms with Crippen LogP contribution in [0.1, 0.15) is 59.3 Å². The lowest BCUT2D eigenvalue weighted by Gasteiger charge is -2.56. The van der Waals surface area contributed by atoms with Crippen molar-refractivity contribution in [1.82, 2.24) is 0 Å². The third kappa shape index (κ3) is 1.87. The van der Waals surface area contributed by atoms with Crippen LogP contribution in [0.3, 0.4) is 0 Å². The number of carbonyl (C=O) groups excluding carboxylic acids is 2. The number of ketones is 2. The highest BCUT2D eigenvalue weighted by Gasteiger charge is 2.64. The molecule has 0 unspecified atom stereocenters.